The van der Waals surface area contributed by atoms with E-state index in [2.05, 4.69) is 15.6 Å². The Kier molecular flexibility index (Phi) is 15.7. The number of Topliss-reactive ketones (excluding diaryl/α,β-unsaturated/α-hetero) is 3. The summed E-state index contributed by atoms with van der Waals surface area (Å²) in [4.78, 5) is 49.8. The van der Waals surface area contributed by atoms with Crippen LogP contribution in [0.25, 0.3) is 0 Å². The van der Waals surface area contributed by atoms with Gasteiger partial charge < -0.3 is 48.3 Å². The summed E-state index contributed by atoms with van der Waals surface area (Å²) in [6.07, 6.45) is 11.4. The van der Waals surface area contributed by atoms with Crippen molar-refractivity contribution in [3.05, 3.63) is 83.1 Å². The molecular formula is C47H55ClN2O13+2. The van der Waals surface area contributed by atoms with E-state index in [0.717, 1.165) is 89.6 Å². The van der Waals surface area contributed by atoms with E-state index >= 15 is 0 Å². The fraction of sp³-hybridized carbons (Fsp3) is 0.468. The van der Waals surface area contributed by atoms with Crippen molar-refractivity contribution in [1.82, 2.24) is 4.90 Å². The molecule has 0 aromatic heterocycles. The third kappa shape index (κ3) is 11.2. The van der Waals surface area contributed by atoms with Gasteiger partial charge in [-0.3, -0.25) is 19.2 Å². The van der Waals surface area contributed by atoms with Gasteiger partial charge in [0.1, 0.15) is 24.9 Å². The number of carbonyl (C=O) groups excluding carboxylic acids is 4. The van der Waals surface area contributed by atoms with E-state index in [1.54, 1.807) is 42.1 Å². The minimum Gasteiger partial charge on any atom is -0.457 e. The van der Waals surface area contributed by atoms with Crippen molar-refractivity contribution in [2.45, 2.75) is 57.8 Å². The second kappa shape index (κ2) is 21.7. The molecule has 5 heterocycles. The Labute approximate surface area is 371 Å². The molecular weight excluding hydrogens is 836 g/mol. The Morgan fingerprint density at radius 3 is 1.60 bits per heavy atom. The minimum absolute atomic E-state index is 0. The number of morpholine rings is 2. The normalized spacial score (nSPS) is 21.2. The fourth-order valence-electron chi connectivity index (χ4n) is 8.75. The first-order valence-electron chi connectivity index (χ1n) is 21.5. The highest BCUT2D eigenvalue weighted by atomic mass is 35.5. The number of allylic oxidation sites excluding steroid dienone is 2. The Bertz CT molecular complexity index is 2210. The quantitative estimate of drug-likeness (QED) is 0.0911. The summed E-state index contributed by atoms with van der Waals surface area (Å²) >= 11 is 5.27. The largest absolute Gasteiger partial charge is 0.457 e. The second-order valence-corrected chi connectivity index (χ2v) is 16.2. The van der Waals surface area contributed by atoms with E-state index in [1.165, 1.54) is 25.0 Å². The van der Waals surface area contributed by atoms with Gasteiger partial charge in [0, 0.05) is 48.3 Å². The molecule has 2 unspecified atom stereocenters. The molecule has 11 rings (SSSR count). The van der Waals surface area contributed by atoms with Crippen molar-refractivity contribution >= 4 is 39.9 Å². The summed E-state index contributed by atoms with van der Waals surface area (Å²) in [6.45, 7) is 7.99. The van der Waals surface area contributed by atoms with Gasteiger partial charge in [0.15, 0.2) is 64.9 Å². The number of hydrogen-bond donors (Lipinski definition) is 0. The van der Waals surface area contributed by atoms with Gasteiger partial charge in [-0.1, -0.05) is 6.08 Å². The van der Waals surface area contributed by atoms with E-state index in [-0.39, 0.29) is 49.1 Å². The van der Waals surface area contributed by atoms with Crippen LogP contribution in [0.3, 0.4) is 0 Å². The zero-order chi connectivity index (χ0) is 42.8. The SMILES string of the molecule is C1=C(N2CCOCC2)CCC1.O=C(Cl)c1ccc2c(c1)OCO2.O=C(c1ccc2c(c1)OCO2)C1CCCC1=[N+]1CCOCC1.O=C1CCCC1C(=O)c1ccc2c(c1)OCO2.[OH3+]. The number of benzene rings is 3. The summed E-state index contributed by atoms with van der Waals surface area (Å²) in [7, 11) is 0. The first-order chi connectivity index (χ1) is 30.3. The Hall–Kier alpha value is -5.48. The number of carbonyl (C=O) groups is 4. The molecule has 0 spiro atoms. The molecule has 16 heteroatoms. The summed E-state index contributed by atoms with van der Waals surface area (Å²) in [6, 6.07) is 15.4. The van der Waals surface area contributed by atoms with Gasteiger partial charge >= 0.3 is 0 Å². The Balaban J connectivity index is 0.000000130. The predicted molar refractivity (Wildman–Crippen MR) is 231 cm³/mol. The average molecular weight is 891 g/mol. The van der Waals surface area contributed by atoms with Crippen LogP contribution in [0.15, 0.2) is 66.4 Å². The number of ketones is 3. The number of halogens is 1. The van der Waals surface area contributed by atoms with Crippen LogP contribution in [-0.4, -0.2) is 111 Å². The molecule has 3 aromatic carbocycles. The molecule has 5 aliphatic heterocycles. The highest BCUT2D eigenvalue weighted by molar-refractivity contribution is 6.67. The maximum Gasteiger partial charge on any atom is 0.252 e. The summed E-state index contributed by atoms with van der Waals surface area (Å²) in [5, 5.41) is -0.492. The van der Waals surface area contributed by atoms with E-state index in [4.69, 9.17) is 49.5 Å². The molecule has 3 aliphatic carbocycles. The lowest BCUT2D eigenvalue weighted by molar-refractivity contribution is -0.551. The third-order valence-electron chi connectivity index (χ3n) is 12.0. The molecule has 0 radical (unpaired) electrons. The van der Waals surface area contributed by atoms with E-state index in [9.17, 15) is 19.2 Å². The smallest absolute Gasteiger partial charge is 0.252 e. The molecule has 2 saturated carbocycles. The average Bonchev–Trinajstić information content (AvgIpc) is 4.18. The van der Waals surface area contributed by atoms with Gasteiger partial charge in [-0.2, -0.15) is 0 Å². The molecule has 15 nitrogen and oxygen atoms in total. The highest BCUT2D eigenvalue weighted by Gasteiger charge is 2.37. The molecule has 0 amide bonds. The molecule has 0 bridgehead atoms. The van der Waals surface area contributed by atoms with Crippen molar-refractivity contribution in [2.75, 3.05) is 73.0 Å². The van der Waals surface area contributed by atoms with Crippen LogP contribution in [0.2, 0.25) is 0 Å². The van der Waals surface area contributed by atoms with Gasteiger partial charge in [0.25, 0.3) is 5.24 Å². The molecule has 2 atom stereocenters. The summed E-state index contributed by atoms with van der Waals surface area (Å²) < 4.78 is 44.3. The zero-order valence-electron chi connectivity index (χ0n) is 35.3. The Morgan fingerprint density at radius 2 is 1.08 bits per heavy atom. The lowest BCUT2D eigenvalue weighted by atomic mass is 9.94. The van der Waals surface area contributed by atoms with Crippen LogP contribution < -0.4 is 28.4 Å². The van der Waals surface area contributed by atoms with Crippen molar-refractivity contribution < 1.29 is 67.1 Å². The number of nitrogens with zero attached hydrogens (tertiary/aromatic N) is 2. The number of hydrogen-bond acceptors (Lipinski definition) is 13. The van der Waals surface area contributed by atoms with Gasteiger partial charge in [-0.05, 0) is 111 Å². The van der Waals surface area contributed by atoms with Crippen LogP contribution in [0.5, 0.6) is 34.5 Å². The van der Waals surface area contributed by atoms with Gasteiger partial charge in [-0.25, -0.2) is 4.58 Å². The number of ether oxygens (including phenoxy) is 8. The van der Waals surface area contributed by atoms with Crippen LogP contribution in [-0.2, 0) is 19.7 Å². The number of fused-ring (bicyclic) bond motifs is 3. The topological polar surface area (TPSA) is 181 Å². The Morgan fingerprint density at radius 1 is 0.587 bits per heavy atom. The zero-order valence-corrected chi connectivity index (χ0v) is 36.1. The van der Waals surface area contributed by atoms with Crippen molar-refractivity contribution in [1.29, 1.82) is 0 Å². The van der Waals surface area contributed by atoms with Gasteiger partial charge in [0.05, 0.1) is 19.1 Å². The van der Waals surface area contributed by atoms with Crippen molar-refractivity contribution in [3.63, 3.8) is 0 Å². The standard InChI is InChI=1S/C17H20NO4.C13H12O4.C9H15NO.C8H5ClO3.H2O/c19-17(12-4-5-15-16(10-12)22-11-21-15)13-2-1-3-14(13)18-6-8-20-9-7-18;14-10-3-1-2-9(10)13(15)8-4-5-11-12(6-8)17-7-16-11;1-2-4-9(3-1)10-5-7-11-8-6-10;9-8(10)5-1-2-6-7(3-5)12-4-11-6;/h4-5,10,13H,1-3,6-9,11H2;4-6,9H,1-3,7H2;3H,1-2,4-8H2;1-3H,4H2;1H2/q+1;;;;/p+1. The summed E-state index contributed by atoms with van der Waals surface area (Å²) in [5.74, 6) is 3.60. The van der Waals surface area contributed by atoms with Crippen molar-refractivity contribution in [2.24, 2.45) is 11.8 Å². The molecule has 8 aliphatic rings. The first-order valence-corrected chi connectivity index (χ1v) is 21.9. The highest BCUT2D eigenvalue weighted by Crippen LogP contribution is 2.37. The van der Waals surface area contributed by atoms with Crippen LogP contribution in [0.1, 0.15) is 88.9 Å². The van der Waals surface area contributed by atoms with E-state index < -0.39 is 11.2 Å². The first kappa shape index (κ1) is 45.5. The fourth-order valence-corrected chi connectivity index (χ4v) is 8.86. The minimum atomic E-state index is -0.492. The molecule has 2 saturated heterocycles. The van der Waals surface area contributed by atoms with Crippen LogP contribution >= 0.6 is 11.6 Å². The molecule has 4 fully saturated rings. The maximum atomic E-state index is 12.9. The second-order valence-electron chi connectivity index (χ2n) is 15.8. The number of rotatable bonds is 6. The van der Waals surface area contributed by atoms with E-state index in [1.807, 2.05) is 18.2 Å². The van der Waals surface area contributed by atoms with Crippen molar-refractivity contribution in [3.8, 4) is 34.5 Å². The summed E-state index contributed by atoms with van der Waals surface area (Å²) in [5.41, 5.74) is 4.54. The predicted octanol–water partition coefficient (Wildman–Crippen LogP) is 6.11. The van der Waals surface area contributed by atoms with Gasteiger partial charge in [0.2, 0.25) is 20.4 Å². The monoisotopic (exact) mass is 890 g/mol. The van der Waals surface area contributed by atoms with Crippen LogP contribution in [0, 0.1) is 11.8 Å². The van der Waals surface area contributed by atoms with Crippen LogP contribution in [0.4, 0.5) is 0 Å². The molecule has 3 N–H and O–H groups in total. The lowest BCUT2D eigenvalue weighted by Crippen LogP contribution is -2.36. The third-order valence-corrected chi connectivity index (χ3v) is 12.2. The molecule has 336 valence electrons. The van der Waals surface area contributed by atoms with Gasteiger partial charge in [-0.15, -0.1) is 0 Å². The lowest BCUT2D eigenvalue weighted by Gasteiger charge is -2.29. The van der Waals surface area contributed by atoms with E-state index in [0.29, 0.717) is 52.7 Å². The maximum absolute atomic E-state index is 12.9. The molecule has 63 heavy (non-hydrogen) atoms. The molecule has 3 aromatic rings.